The van der Waals surface area contributed by atoms with Crippen LogP contribution in [0.25, 0.3) is 0 Å². The van der Waals surface area contributed by atoms with Crippen LogP contribution in [0, 0.1) is 0 Å². The molecule has 1 aromatic rings. The number of carbonyl (C=O) groups excluding carboxylic acids is 1. The number of nitrogens with zero attached hydrogens (tertiary/aromatic N) is 1. The van der Waals surface area contributed by atoms with Gasteiger partial charge in [-0.2, -0.15) is 0 Å². The summed E-state index contributed by atoms with van der Waals surface area (Å²) in [5.74, 6) is 0.195. The number of carbonyl (C=O) groups is 1. The van der Waals surface area contributed by atoms with E-state index in [1.54, 1.807) is 0 Å². The molecule has 3 heteroatoms. The van der Waals surface area contributed by atoms with Crippen LogP contribution in [0.3, 0.4) is 0 Å². The Morgan fingerprint density at radius 3 is 2.72 bits per heavy atom. The molecule has 1 atom stereocenters. The Labute approximate surface area is 108 Å². The number of nitrogens with one attached hydrogen (secondary N) is 1. The normalized spacial score (nSPS) is 24.1. The lowest BCUT2D eigenvalue weighted by atomic mass is 10.0. The van der Waals surface area contributed by atoms with Gasteiger partial charge in [0.2, 0.25) is 5.91 Å². The van der Waals surface area contributed by atoms with Gasteiger partial charge in [0, 0.05) is 12.1 Å². The fourth-order valence-corrected chi connectivity index (χ4v) is 2.75. The van der Waals surface area contributed by atoms with Gasteiger partial charge in [0.1, 0.15) is 0 Å². The lowest BCUT2D eigenvalue weighted by Crippen LogP contribution is -2.37. The van der Waals surface area contributed by atoms with Crippen LogP contribution in [-0.4, -0.2) is 29.9 Å². The summed E-state index contributed by atoms with van der Waals surface area (Å²) >= 11 is 0. The third-order valence-electron chi connectivity index (χ3n) is 3.84. The molecule has 0 aromatic heterocycles. The molecule has 1 unspecified atom stereocenters. The van der Waals surface area contributed by atoms with Crippen LogP contribution >= 0.6 is 0 Å². The highest BCUT2D eigenvalue weighted by atomic mass is 16.2. The van der Waals surface area contributed by atoms with Crippen molar-refractivity contribution in [2.75, 3.05) is 13.1 Å². The van der Waals surface area contributed by atoms with Crippen molar-refractivity contribution >= 4 is 5.91 Å². The van der Waals surface area contributed by atoms with Gasteiger partial charge in [0.15, 0.2) is 0 Å². The molecular weight excluding hydrogens is 224 g/mol. The van der Waals surface area contributed by atoms with E-state index in [2.05, 4.69) is 34.5 Å². The maximum absolute atomic E-state index is 11.9. The molecular formula is C15H20N2O. The molecule has 1 aliphatic carbocycles. The van der Waals surface area contributed by atoms with Crippen molar-refractivity contribution in [3.05, 3.63) is 35.9 Å². The van der Waals surface area contributed by atoms with E-state index in [0.29, 0.717) is 18.6 Å². The summed E-state index contributed by atoms with van der Waals surface area (Å²) in [7, 11) is 0. The third-order valence-corrected chi connectivity index (χ3v) is 3.84. The van der Waals surface area contributed by atoms with Crippen molar-refractivity contribution in [1.29, 1.82) is 0 Å². The molecule has 1 aliphatic heterocycles. The van der Waals surface area contributed by atoms with E-state index in [-0.39, 0.29) is 5.91 Å². The first kappa shape index (κ1) is 11.7. The van der Waals surface area contributed by atoms with Gasteiger partial charge >= 0.3 is 0 Å². The van der Waals surface area contributed by atoms with E-state index >= 15 is 0 Å². The van der Waals surface area contributed by atoms with Crippen LogP contribution in [0.5, 0.6) is 0 Å². The Bertz CT molecular complexity index is 414. The number of likely N-dealkylation sites (tertiary alicyclic amines) is 1. The monoisotopic (exact) mass is 244 g/mol. The molecule has 0 radical (unpaired) electrons. The molecule has 1 amide bonds. The Morgan fingerprint density at radius 2 is 2.00 bits per heavy atom. The molecule has 96 valence electrons. The minimum absolute atomic E-state index is 0.195. The van der Waals surface area contributed by atoms with Crippen molar-refractivity contribution in [3.8, 4) is 0 Å². The largest absolute Gasteiger partial charge is 0.352 e. The first-order valence-electron chi connectivity index (χ1n) is 6.91. The van der Waals surface area contributed by atoms with Crippen LogP contribution in [-0.2, 0) is 4.79 Å². The van der Waals surface area contributed by atoms with Crippen LogP contribution < -0.4 is 5.32 Å². The van der Waals surface area contributed by atoms with E-state index in [9.17, 15) is 4.79 Å². The lowest BCUT2D eigenvalue weighted by Gasteiger charge is -2.24. The minimum atomic E-state index is 0.195. The molecule has 18 heavy (non-hydrogen) atoms. The van der Waals surface area contributed by atoms with Gasteiger partial charge < -0.3 is 5.32 Å². The smallest absolute Gasteiger partial charge is 0.234 e. The fraction of sp³-hybridized carbons (Fsp3) is 0.533. The molecule has 0 bridgehead atoms. The SMILES string of the molecule is O=C(CN1CCCC1c1ccccc1)NC1CC1. The van der Waals surface area contributed by atoms with Gasteiger partial charge in [-0.05, 0) is 37.8 Å². The summed E-state index contributed by atoms with van der Waals surface area (Å²) in [4.78, 5) is 14.2. The number of rotatable bonds is 4. The Hall–Kier alpha value is -1.35. The zero-order valence-electron chi connectivity index (χ0n) is 10.6. The molecule has 3 nitrogen and oxygen atoms in total. The highest BCUT2D eigenvalue weighted by molar-refractivity contribution is 5.78. The van der Waals surface area contributed by atoms with Crippen molar-refractivity contribution < 1.29 is 4.79 Å². The second-order valence-electron chi connectivity index (χ2n) is 5.38. The zero-order chi connectivity index (χ0) is 12.4. The van der Waals surface area contributed by atoms with Crippen LogP contribution in [0.15, 0.2) is 30.3 Å². The Balaban J connectivity index is 1.62. The average molecular weight is 244 g/mol. The third kappa shape index (κ3) is 2.72. The van der Waals surface area contributed by atoms with Gasteiger partial charge in [-0.3, -0.25) is 9.69 Å². The second-order valence-corrected chi connectivity index (χ2v) is 5.38. The molecule has 3 rings (SSSR count). The van der Waals surface area contributed by atoms with E-state index in [1.165, 1.54) is 18.4 Å². The van der Waals surface area contributed by atoms with E-state index in [4.69, 9.17) is 0 Å². The predicted molar refractivity (Wildman–Crippen MR) is 71.2 cm³/mol. The first-order chi connectivity index (χ1) is 8.83. The van der Waals surface area contributed by atoms with Crippen LogP contribution in [0.4, 0.5) is 0 Å². The Morgan fingerprint density at radius 1 is 1.22 bits per heavy atom. The molecule has 1 heterocycles. The number of amides is 1. The molecule has 1 saturated heterocycles. The maximum atomic E-state index is 11.9. The predicted octanol–water partition coefficient (Wildman–Crippen LogP) is 2.10. The highest BCUT2D eigenvalue weighted by Gasteiger charge is 2.29. The topological polar surface area (TPSA) is 32.3 Å². The van der Waals surface area contributed by atoms with Gasteiger partial charge in [-0.25, -0.2) is 0 Å². The molecule has 2 aliphatic rings. The number of hydrogen-bond acceptors (Lipinski definition) is 2. The summed E-state index contributed by atoms with van der Waals surface area (Å²) < 4.78 is 0. The van der Waals surface area contributed by atoms with E-state index < -0.39 is 0 Å². The molecule has 1 aromatic carbocycles. The summed E-state index contributed by atoms with van der Waals surface area (Å²) in [5.41, 5.74) is 1.34. The molecule has 1 N–H and O–H groups in total. The summed E-state index contributed by atoms with van der Waals surface area (Å²) in [6.07, 6.45) is 4.68. The van der Waals surface area contributed by atoms with Gasteiger partial charge in [0.25, 0.3) is 0 Å². The standard InChI is InChI=1S/C15H20N2O/c18-15(16-13-8-9-13)11-17-10-4-7-14(17)12-5-2-1-3-6-12/h1-3,5-6,13-14H,4,7-11H2,(H,16,18). The summed E-state index contributed by atoms with van der Waals surface area (Å²) in [6, 6.07) is 11.4. The Kier molecular flexibility index (Phi) is 3.33. The second kappa shape index (κ2) is 5.11. The quantitative estimate of drug-likeness (QED) is 0.879. The van der Waals surface area contributed by atoms with E-state index in [0.717, 1.165) is 19.4 Å². The molecule has 0 spiro atoms. The maximum Gasteiger partial charge on any atom is 0.234 e. The van der Waals surface area contributed by atoms with Crippen molar-refractivity contribution in [2.45, 2.75) is 37.8 Å². The molecule has 2 fully saturated rings. The van der Waals surface area contributed by atoms with Crippen LogP contribution in [0.1, 0.15) is 37.3 Å². The van der Waals surface area contributed by atoms with Crippen molar-refractivity contribution in [1.82, 2.24) is 10.2 Å². The lowest BCUT2D eigenvalue weighted by molar-refractivity contribution is -0.122. The van der Waals surface area contributed by atoms with Crippen molar-refractivity contribution in [2.24, 2.45) is 0 Å². The van der Waals surface area contributed by atoms with Crippen LogP contribution in [0.2, 0.25) is 0 Å². The number of hydrogen-bond donors (Lipinski definition) is 1. The summed E-state index contributed by atoms with van der Waals surface area (Å²) in [5, 5.41) is 3.07. The van der Waals surface area contributed by atoms with E-state index in [1.807, 2.05) is 6.07 Å². The average Bonchev–Trinajstić information content (AvgIpc) is 3.07. The van der Waals surface area contributed by atoms with Crippen molar-refractivity contribution in [3.63, 3.8) is 0 Å². The summed E-state index contributed by atoms with van der Waals surface area (Å²) in [6.45, 7) is 1.59. The van der Waals surface area contributed by atoms with Gasteiger partial charge in [-0.1, -0.05) is 30.3 Å². The fourth-order valence-electron chi connectivity index (χ4n) is 2.75. The first-order valence-corrected chi connectivity index (χ1v) is 6.91. The highest BCUT2D eigenvalue weighted by Crippen LogP contribution is 2.31. The number of benzene rings is 1. The molecule has 1 saturated carbocycles. The van der Waals surface area contributed by atoms with Gasteiger partial charge in [-0.15, -0.1) is 0 Å². The zero-order valence-corrected chi connectivity index (χ0v) is 10.6. The minimum Gasteiger partial charge on any atom is -0.352 e. The van der Waals surface area contributed by atoms with Gasteiger partial charge in [0.05, 0.1) is 6.54 Å².